The van der Waals surface area contributed by atoms with Crippen molar-refractivity contribution >= 4 is 11.6 Å². The summed E-state index contributed by atoms with van der Waals surface area (Å²) < 4.78 is 25.0. The molecule has 1 aliphatic rings. The van der Waals surface area contributed by atoms with E-state index in [9.17, 15) is 4.39 Å². The Hall–Kier alpha value is -2.25. The quantitative estimate of drug-likeness (QED) is 0.868. The van der Waals surface area contributed by atoms with Gasteiger partial charge in [-0.05, 0) is 13.0 Å². The van der Waals surface area contributed by atoms with Crippen molar-refractivity contribution in [1.29, 1.82) is 0 Å². The van der Waals surface area contributed by atoms with Crippen LogP contribution in [0.5, 0.6) is 0 Å². The number of aromatic nitrogens is 2. The number of ether oxygens (including phenoxy) is 2. The highest BCUT2D eigenvalue weighted by Gasteiger charge is 2.22. The fourth-order valence-corrected chi connectivity index (χ4v) is 3.01. The van der Waals surface area contributed by atoms with E-state index < -0.39 is 6.10 Å². The van der Waals surface area contributed by atoms with Crippen molar-refractivity contribution < 1.29 is 13.9 Å². The maximum absolute atomic E-state index is 14.1. The molecule has 0 aliphatic carbocycles. The molecule has 7 heteroatoms. The van der Waals surface area contributed by atoms with Crippen molar-refractivity contribution in [2.45, 2.75) is 19.1 Å². The second-order valence-corrected chi connectivity index (χ2v) is 5.97. The molecule has 1 N–H and O–H groups in total. The second-order valence-electron chi connectivity index (χ2n) is 5.97. The third-order valence-corrected chi connectivity index (χ3v) is 4.28. The van der Waals surface area contributed by atoms with E-state index in [1.54, 1.807) is 25.3 Å². The number of anilines is 2. The number of halogens is 1. The van der Waals surface area contributed by atoms with E-state index in [0.29, 0.717) is 24.6 Å². The highest BCUT2D eigenvalue weighted by Crippen LogP contribution is 2.26. The molecule has 3 rings (SSSR count). The molecule has 0 amide bonds. The molecule has 6 nitrogen and oxygen atoms in total. The first-order valence-electron chi connectivity index (χ1n) is 8.37. The summed E-state index contributed by atoms with van der Waals surface area (Å²) in [4.78, 5) is 10.8. The average Bonchev–Trinajstić information content (AvgIpc) is 2.65. The highest BCUT2D eigenvalue weighted by molar-refractivity contribution is 5.49. The van der Waals surface area contributed by atoms with Gasteiger partial charge in [0.15, 0.2) is 0 Å². The second kappa shape index (κ2) is 8.22. The Labute approximate surface area is 147 Å². The first-order chi connectivity index (χ1) is 12.2. The minimum absolute atomic E-state index is 0.172. The van der Waals surface area contributed by atoms with Crippen molar-refractivity contribution in [2.75, 3.05) is 43.6 Å². The maximum atomic E-state index is 14.1. The van der Waals surface area contributed by atoms with Crippen LogP contribution in [0.1, 0.15) is 18.6 Å². The topological polar surface area (TPSA) is 59.5 Å². The van der Waals surface area contributed by atoms with Gasteiger partial charge in [0.1, 0.15) is 29.9 Å². The number of benzene rings is 1. The lowest BCUT2D eigenvalue weighted by atomic mass is 10.0. The first kappa shape index (κ1) is 17.6. The van der Waals surface area contributed by atoms with Gasteiger partial charge in [0, 0.05) is 31.8 Å². The van der Waals surface area contributed by atoms with Crippen LogP contribution in [0, 0.1) is 5.82 Å². The molecule has 2 atom stereocenters. The van der Waals surface area contributed by atoms with Crippen LogP contribution < -0.4 is 10.2 Å². The van der Waals surface area contributed by atoms with Gasteiger partial charge < -0.3 is 19.7 Å². The third kappa shape index (κ3) is 4.24. The molecule has 134 valence electrons. The molecule has 2 aromatic rings. The lowest BCUT2D eigenvalue weighted by molar-refractivity contribution is 0.0875. The van der Waals surface area contributed by atoms with Crippen LogP contribution >= 0.6 is 0 Å². The molecule has 0 spiro atoms. The summed E-state index contributed by atoms with van der Waals surface area (Å²) in [6, 6.07) is 8.38. The van der Waals surface area contributed by atoms with Crippen LogP contribution in [0.4, 0.5) is 16.0 Å². The smallest absolute Gasteiger partial charge is 0.134 e. The van der Waals surface area contributed by atoms with Crippen LogP contribution in [0.15, 0.2) is 36.7 Å². The number of methoxy groups -OCH3 is 1. The first-order valence-corrected chi connectivity index (χ1v) is 8.37. The Morgan fingerprint density at radius 3 is 2.72 bits per heavy atom. The van der Waals surface area contributed by atoms with E-state index in [-0.39, 0.29) is 11.9 Å². The predicted octanol–water partition coefficient (Wildman–Crippen LogP) is 2.64. The Bertz CT molecular complexity index is 694. The standard InChI is InChI=1S/C18H23FN4O2/c1-13(18(24-2)14-5-3-4-6-15(14)19)22-16-11-17(21-12-20-16)23-7-9-25-10-8-23/h3-6,11-13,18H,7-10H2,1-2H3,(H,20,21,22). The predicted molar refractivity (Wildman–Crippen MR) is 94.3 cm³/mol. The molecule has 1 aromatic heterocycles. The summed E-state index contributed by atoms with van der Waals surface area (Å²) in [6.45, 7) is 4.95. The SMILES string of the molecule is COC(c1ccccc1F)C(C)Nc1cc(N2CCOCC2)ncn1. The minimum atomic E-state index is -0.428. The zero-order valence-corrected chi connectivity index (χ0v) is 14.5. The van der Waals surface area contributed by atoms with E-state index in [1.807, 2.05) is 13.0 Å². The molecule has 1 saturated heterocycles. The monoisotopic (exact) mass is 346 g/mol. The molecule has 2 unspecified atom stereocenters. The zero-order chi connectivity index (χ0) is 17.6. The van der Waals surface area contributed by atoms with Crippen molar-refractivity contribution in [3.63, 3.8) is 0 Å². The van der Waals surface area contributed by atoms with Crippen molar-refractivity contribution in [2.24, 2.45) is 0 Å². The van der Waals surface area contributed by atoms with E-state index in [4.69, 9.17) is 9.47 Å². The lowest BCUT2D eigenvalue weighted by Gasteiger charge is -2.28. The Morgan fingerprint density at radius 1 is 1.24 bits per heavy atom. The van der Waals surface area contributed by atoms with Crippen LogP contribution in [0.3, 0.4) is 0 Å². The molecule has 0 radical (unpaired) electrons. The largest absolute Gasteiger partial charge is 0.378 e. The van der Waals surface area contributed by atoms with Gasteiger partial charge in [-0.25, -0.2) is 14.4 Å². The molecule has 0 bridgehead atoms. The van der Waals surface area contributed by atoms with E-state index in [1.165, 1.54) is 12.4 Å². The van der Waals surface area contributed by atoms with E-state index in [0.717, 1.165) is 18.9 Å². The molecule has 0 saturated carbocycles. The van der Waals surface area contributed by atoms with Gasteiger partial charge in [-0.15, -0.1) is 0 Å². The van der Waals surface area contributed by atoms with Crippen LogP contribution in [0.25, 0.3) is 0 Å². The fraction of sp³-hybridized carbons (Fsp3) is 0.444. The number of nitrogens with one attached hydrogen (secondary N) is 1. The lowest BCUT2D eigenvalue weighted by Crippen LogP contribution is -2.36. The molecular weight excluding hydrogens is 323 g/mol. The molecule has 2 heterocycles. The summed E-state index contributed by atoms with van der Waals surface area (Å²) >= 11 is 0. The van der Waals surface area contributed by atoms with Gasteiger partial charge in [0.25, 0.3) is 0 Å². The van der Waals surface area contributed by atoms with Gasteiger partial charge in [0.05, 0.1) is 19.3 Å². The molecular formula is C18H23FN4O2. The van der Waals surface area contributed by atoms with Crippen molar-refractivity contribution in [1.82, 2.24) is 9.97 Å². The Balaban J connectivity index is 1.73. The van der Waals surface area contributed by atoms with Gasteiger partial charge in [-0.2, -0.15) is 0 Å². The van der Waals surface area contributed by atoms with Gasteiger partial charge in [-0.3, -0.25) is 0 Å². The summed E-state index contributed by atoms with van der Waals surface area (Å²) in [6.07, 6.45) is 1.10. The zero-order valence-electron chi connectivity index (χ0n) is 14.5. The van der Waals surface area contributed by atoms with Crippen LogP contribution in [0.2, 0.25) is 0 Å². The fourth-order valence-electron chi connectivity index (χ4n) is 3.01. The van der Waals surface area contributed by atoms with Gasteiger partial charge >= 0.3 is 0 Å². The summed E-state index contributed by atoms with van der Waals surface area (Å²) in [5, 5.41) is 3.30. The average molecular weight is 346 g/mol. The number of nitrogens with zero attached hydrogens (tertiary/aromatic N) is 3. The van der Waals surface area contributed by atoms with Crippen molar-refractivity contribution in [3.8, 4) is 0 Å². The summed E-state index contributed by atoms with van der Waals surface area (Å²) in [5.74, 6) is 1.26. The molecule has 1 fully saturated rings. The Morgan fingerprint density at radius 2 is 2.00 bits per heavy atom. The third-order valence-electron chi connectivity index (χ3n) is 4.28. The minimum Gasteiger partial charge on any atom is -0.378 e. The van der Waals surface area contributed by atoms with E-state index >= 15 is 0 Å². The van der Waals surface area contributed by atoms with Crippen molar-refractivity contribution in [3.05, 3.63) is 48.0 Å². The number of hydrogen-bond donors (Lipinski definition) is 1. The Kier molecular flexibility index (Phi) is 5.78. The molecule has 25 heavy (non-hydrogen) atoms. The maximum Gasteiger partial charge on any atom is 0.134 e. The van der Waals surface area contributed by atoms with E-state index in [2.05, 4.69) is 20.2 Å². The highest BCUT2D eigenvalue weighted by atomic mass is 19.1. The molecule has 1 aromatic carbocycles. The van der Waals surface area contributed by atoms with Crippen LogP contribution in [-0.4, -0.2) is 49.4 Å². The normalized spacial score (nSPS) is 17.2. The summed E-state index contributed by atoms with van der Waals surface area (Å²) in [5.41, 5.74) is 0.521. The number of morpholine rings is 1. The van der Waals surface area contributed by atoms with Crippen LogP contribution in [-0.2, 0) is 9.47 Å². The molecule has 1 aliphatic heterocycles. The number of rotatable bonds is 6. The summed E-state index contributed by atoms with van der Waals surface area (Å²) in [7, 11) is 1.58. The van der Waals surface area contributed by atoms with Gasteiger partial charge in [-0.1, -0.05) is 18.2 Å². The van der Waals surface area contributed by atoms with Gasteiger partial charge in [0.2, 0.25) is 0 Å². The number of hydrogen-bond acceptors (Lipinski definition) is 6.